The summed E-state index contributed by atoms with van der Waals surface area (Å²) in [7, 11) is 2.87. The van der Waals surface area contributed by atoms with Crippen molar-refractivity contribution in [2.75, 3.05) is 37.6 Å². The van der Waals surface area contributed by atoms with Gasteiger partial charge in [0.1, 0.15) is 17.2 Å². The van der Waals surface area contributed by atoms with Crippen LogP contribution in [0.2, 0.25) is 0 Å². The summed E-state index contributed by atoms with van der Waals surface area (Å²) in [5.41, 5.74) is 1.40. The number of carbonyl (C=O) groups is 4. The van der Waals surface area contributed by atoms with Gasteiger partial charge in [0, 0.05) is 24.3 Å². The van der Waals surface area contributed by atoms with Crippen molar-refractivity contribution in [3.05, 3.63) is 78.4 Å². The molecule has 1 aliphatic heterocycles. The molecule has 1 atom stereocenters. The van der Waals surface area contributed by atoms with Crippen molar-refractivity contribution in [3.63, 3.8) is 0 Å². The summed E-state index contributed by atoms with van der Waals surface area (Å²) in [5.74, 6) is -0.617. The Hall–Kier alpha value is -4.86. The quantitative estimate of drug-likeness (QED) is 0.425. The molecule has 1 saturated heterocycles. The fraction of sp³-hybridized carbons (Fsp3) is 0.214. The molecule has 10 nitrogen and oxygen atoms in total. The van der Waals surface area contributed by atoms with E-state index < -0.39 is 30.4 Å². The third-order valence-electron chi connectivity index (χ3n) is 5.84. The molecule has 0 radical (unpaired) electrons. The summed E-state index contributed by atoms with van der Waals surface area (Å²) in [5, 5.41) is 2.58. The highest BCUT2D eigenvalue weighted by Gasteiger charge is 2.36. The molecule has 4 rings (SSSR count). The predicted octanol–water partition coefficient (Wildman–Crippen LogP) is 3.81. The summed E-state index contributed by atoms with van der Waals surface area (Å²) in [6.45, 7) is -0.355. The number of anilines is 2. The molecule has 0 saturated carbocycles. The van der Waals surface area contributed by atoms with Crippen LogP contribution < -0.4 is 19.7 Å². The number of benzene rings is 3. The zero-order valence-corrected chi connectivity index (χ0v) is 20.8. The number of methoxy groups -OCH3 is 2. The monoisotopic (exact) mass is 518 g/mol. The number of amides is 2. The minimum absolute atomic E-state index is 0.0143. The van der Waals surface area contributed by atoms with E-state index in [4.69, 9.17) is 14.2 Å². The van der Waals surface area contributed by atoms with Gasteiger partial charge in [0.2, 0.25) is 5.91 Å². The summed E-state index contributed by atoms with van der Waals surface area (Å²) in [6.07, 6.45) is -0.0143. The number of nitrogens with one attached hydrogen (secondary N) is 1. The molecule has 0 spiro atoms. The Bertz CT molecular complexity index is 1300. The average Bonchev–Trinajstić information content (AvgIpc) is 3.34. The number of rotatable bonds is 9. The molecule has 1 aliphatic rings. The van der Waals surface area contributed by atoms with E-state index in [9.17, 15) is 19.2 Å². The summed E-state index contributed by atoms with van der Waals surface area (Å²) < 4.78 is 20.7. The maximum atomic E-state index is 12.6. The highest BCUT2D eigenvalue weighted by Crippen LogP contribution is 2.29. The van der Waals surface area contributed by atoms with Crippen LogP contribution in [-0.4, -0.2) is 51.1 Å². The standard InChI is InChI=1S/C28H26N2O8/c1-35-22-11-13-24(14-12-22)38-23-9-7-21(8-10-23)30-16-19(15-26(30)32)28(34)37-17-25(31)29-20-5-3-18(4-6-20)27(33)36-2/h3-14,19H,15-17H2,1-2H3,(H,29,31)/t19-/m1/s1. The van der Waals surface area contributed by atoms with E-state index in [2.05, 4.69) is 10.1 Å². The normalized spacial score (nSPS) is 14.5. The summed E-state index contributed by atoms with van der Waals surface area (Å²) in [4.78, 5) is 50.3. The molecule has 38 heavy (non-hydrogen) atoms. The maximum Gasteiger partial charge on any atom is 0.337 e. The second-order valence-electron chi connectivity index (χ2n) is 8.40. The molecule has 0 aromatic heterocycles. The second kappa shape index (κ2) is 11.9. The SMILES string of the molecule is COC(=O)c1ccc(NC(=O)COC(=O)[C@@H]2CC(=O)N(c3ccc(Oc4ccc(OC)cc4)cc3)C2)cc1. The molecule has 3 aromatic rings. The lowest BCUT2D eigenvalue weighted by Crippen LogP contribution is -2.28. The minimum atomic E-state index is -0.690. The minimum Gasteiger partial charge on any atom is -0.497 e. The molecule has 10 heteroatoms. The number of hydrogen-bond donors (Lipinski definition) is 1. The van der Waals surface area contributed by atoms with Crippen molar-refractivity contribution in [3.8, 4) is 17.2 Å². The van der Waals surface area contributed by atoms with E-state index >= 15 is 0 Å². The average molecular weight is 519 g/mol. The van der Waals surface area contributed by atoms with Gasteiger partial charge in [-0.2, -0.15) is 0 Å². The number of hydrogen-bond acceptors (Lipinski definition) is 8. The van der Waals surface area contributed by atoms with Gasteiger partial charge in [-0.25, -0.2) is 4.79 Å². The predicted molar refractivity (Wildman–Crippen MR) is 137 cm³/mol. The first-order valence-electron chi connectivity index (χ1n) is 11.7. The van der Waals surface area contributed by atoms with Gasteiger partial charge in [0.05, 0.1) is 25.7 Å². The van der Waals surface area contributed by atoms with E-state index in [-0.39, 0.29) is 18.9 Å². The number of nitrogens with zero attached hydrogens (tertiary/aromatic N) is 1. The Morgan fingerprint density at radius 3 is 2.08 bits per heavy atom. The van der Waals surface area contributed by atoms with Gasteiger partial charge >= 0.3 is 11.9 Å². The van der Waals surface area contributed by atoms with Crippen LogP contribution in [0.4, 0.5) is 11.4 Å². The molecule has 3 aromatic carbocycles. The van der Waals surface area contributed by atoms with Crippen molar-refractivity contribution in [2.45, 2.75) is 6.42 Å². The Morgan fingerprint density at radius 1 is 0.868 bits per heavy atom. The first-order valence-corrected chi connectivity index (χ1v) is 11.7. The van der Waals surface area contributed by atoms with Gasteiger partial charge < -0.3 is 29.2 Å². The zero-order valence-electron chi connectivity index (χ0n) is 20.8. The molecule has 1 N–H and O–H groups in total. The number of esters is 2. The lowest BCUT2D eigenvalue weighted by Gasteiger charge is -2.17. The lowest BCUT2D eigenvalue weighted by atomic mass is 10.1. The van der Waals surface area contributed by atoms with Crippen molar-refractivity contribution < 1.29 is 38.1 Å². The molecule has 0 aliphatic carbocycles. The number of carbonyl (C=O) groups excluding carboxylic acids is 4. The van der Waals surface area contributed by atoms with Crippen LogP contribution >= 0.6 is 0 Å². The number of ether oxygens (including phenoxy) is 4. The second-order valence-corrected chi connectivity index (χ2v) is 8.40. The smallest absolute Gasteiger partial charge is 0.337 e. The van der Waals surface area contributed by atoms with Crippen LogP contribution in [0.15, 0.2) is 72.8 Å². The Labute approximate surface area is 219 Å². The topological polar surface area (TPSA) is 120 Å². The third kappa shape index (κ3) is 6.47. The van der Waals surface area contributed by atoms with E-state index in [0.29, 0.717) is 28.4 Å². The summed E-state index contributed by atoms with van der Waals surface area (Å²) in [6, 6.07) is 20.2. The van der Waals surface area contributed by atoms with Crippen LogP contribution in [-0.2, 0) is 23.9 Å². The van der Waals surface area contributed by atoms with E-state index in [1.165, 1.54) is 36.3 Å². The zero-order chi connectivity index (χ0) is 27.1. The van der Waals surface area contributed by atoms with Crippen molar-refractivity contribution in [2.24, 2.45) is 5.92 Å². The van der Waals surface area contributed by atoms with Gasteiger partial charge in [0.25, 0.3) is 5.91 Å². The van der Waals surface area contributed by atoms with Crippen LogP contribution in [0, 0.1) is 5.92 Å². The van der Waals surface area contributed by atoms with Gasteiger partial charge in [-0.1, -0.05) is 0 Å². The highest BCUT2D eigenvalue weighted by atomic mass is 16.5. The maximum absolute atomic E-state index is 12.6. The van der Waals surface area contributed by atoms with Crippen LogP contribution in [0.5, 0.6) is 17.2 Å². The molecular formula is C28H26N2O8. The van der Waals surface area contributed by atoms with Crippen LogP contribution in [0.3, 0.4) is 0 Å². The first-order chi connectivity index (χ1) is 18.4. The Morgan fingerprint density at radius 2 is 1.47 bits per heavy atom. The largest absolute Gasteiger partial charge is 0.497 e. The van der Waals surface area contributed by atoms with Crippen molar-refractivity contribution in [1.29, 1.82) is 0 Å². The fourth-order valence-corrected chi connectivity index (χ4v) is 3.85. The van der Waals surface area contributed by atoms with Crippen LogP contribution in [0.1, 0.15) is 16.8 Å². The lowest BCUT2D eigenvalue weighted by molar-refractivity contribution is -0.151. The van der Waals surface area contributed by atoms with Gasteiger partial charge in [0.15, 0.2) is 6.61 Å². The molecule has 1 heterocycles. The van der Waals surface area contributed by atoms with Gasteiger partial charge in [-0.15, -0.1) is 0 Å². The molecular weight excluding hydrogens is 492 g/mol. The van der Waals surface area contributed by atoms with E-state index in [1.54, 1.807) is 55.6 Å². The third-order valence-corrected chi connectivity index (χ3v) is 5.84. The fourth-order valence-electron chi connectivity index (χ4n) is 3.85. The van der Waals surface area contributed by atoms with Crippen molar-refractivity contribution in [1.82, 2.24) is 0 Å². The Kier molecular flexibility index (Phi) is 8.22. The molecule has 2 amide bonds. The molecule has 0 bridgehead atoms. The molecule has 196 valence electrons. The molecule has 0 unspecified atom stereocenters. The van der Waals surface area contributed by atoms with Crippen LogP contribution in [0.25, 0.3) is 0 Å². The molecule has 1 fully saturated rings. The first kappa shape index (κ1) is 26.2. The summed E-state index contributed by atoms with van der Waals surface area (Å²) >= 11 is 0. The van der Waals surface area contributed by atoms with Gasteiger partial charge in [-0.3, -0.25) is 14.4 Å². The van der Waals surface area contributed by atoms with E-state index in [1.807, 2.05) is 0 Å². The van der Waals surface area contributed by atoms with Gasteiger partial charge in [-0.05, 0) is 72.8 Å². The highest BCUT2D eigenvalue weighted by molar-refractivity contribution is 6.00. The van der Waals surface area contributed by atoms with E-state index in [0.717, 1.165) is 5.75 Å². The van der Waals surface area contributed by atoms with Crippen molar-refractivity contribution >= 4 is 35.1 Å². The Balaban J connectivity index is 1.26.